The van der Waals surface area contributed by atoms with Crippen molar-refractivity contribution in [2.75, 3.05) is 6.61 Å². The van der Waals surface area contributed by atoms with Crippen molar-refractivity contribution in [1.29, 1.82) is 0 Å². The minimum Gasteiger partial charge on any atom is -0.480 e. The Kier molecular flexibility index (Phi) is 7.17. The zero-order chi connectivity index (χ0) is 11.1. The topological polar surface area (TPSA) is 63.6 Å². The zero-order valence-corrected chi connectivity index (χ0v) is 10.9. The van der Waals surface area contributed by atoms with E-state index in [2.05, 4.69) is 31.9 Å². The van der Waals surface area contributed by atoms with Gasteiger partial charge in [-0.15, -0.1) is 0 Å². The summed E-state index contributed by atoms with van der Waals surface area (Å²) in [4.78, 5) is 20.4. The summed E-state index contributed by atoms with van der Waals surface area (Å²) in [5.74, 6) is -1.23. The van der Waals surface area contributed by atoms with Crippen molar-refractivity contribution >= 4 is 43.8 Å². The van der Waals surface area contributed by atoms with Crippen molar-refractivity contribution < 1.29 is 19.4 Å². The number of hydrogen-bond donors (Lipinski definition) is 1. The summed E-state index contributed by atoms with van der Waals surface area (Å²) in [7, 11) is 0. The van der Waals surface area contributed by atoms with E-state index in [1.165, 1.54) is 0 Å². The molecule has 0 saturated heterocycles. The van der Waals surface area contributed by atoms with Gasteiger partial charge in [0.2, 0.25) is 0 Å². The second-order valence-electron chi connectivity index (χ2n) is 2.73. The highest BCUT2D eigenvalue weighted by molar-refractivity contribution is 9.10. The van der Waals surface area contributed by atoms with Gasteiger partial charge in [0.1, 0.15) is 9.65 Å². The number of hydrogen-bond acceptors (Lipinski definition) is 3. The number of ether oxygens (including phenoxy) is 1. The summed E-state index contributed by atoms with van der Waals surface area (Å²) in [6.07, 6.45) is 0.979. The Bertz CT molecular complexity index is 206. The molecule has 0 amide bonds. The van der Waals surface area contributed by atoms with E-state index in [9.17, 15) is 9.59 Å². The maximum absolute atomic E-state index is 10.9. The Morgan fingerprint density at radius 1 is 1.43 bits per heavy atom. The van der Waals surface area contributed by atoms with Crippen LogP contribution in [-0.4, -0.2) is 33.3 Å². The SMILES string of the molecule is CC(Br)C(=O)OCCCC(Br)C(=O)O. The molecule has 0 rings (SSSR count). The summed E-state index contributed by atoms with van der Waals surface area (Å²) >= 11 is 6.06. The summed E-state index contributed by atoms with van der Waals surface area (Å²) in [5, 5.41) is 8.52. The molecule has 82 valence electrons. The fourth-order valence-electron chi connectivity index (χ4n) is 0.674. The highest BCUT2D eigenvalue weighted by Gasteiger charge is 2.13. The first-order valence-corrected chi connectivity index (χ1v) is 5.96. The van der Waals surface area contributed by atoms with Gasteiger partial charge in [-0.2, -0.15) is 0 Å². The largest absolute Gasteiger partial charge is 0.480 e. The van der Waals surface area contributed by atoms with E-state index < -0.39 is 10.8 Å². The second kappa shape index (κ2) is 7.23. The van der Waals surface area contributed by atoms with Gasteiger partial charge in [0.15, 0.2) is 0 Å². The molecule has 0 spiro atoms. The fraction of sp³-hybridized carbons (Fsp3) is 0.750. The molecule has 0 fully saturated rings. The van der Waals surface area contributed by atoms with Gasteiger partial charge in [0.05, 0.1) is 6.61 Å². The van der Waals surface area contributed by atoms with Gasteiger partial charge in [-0.25, -0.2) is 0 Å². The van der Waals surface area contributed by atoms with Gasteiger partial charge in [-0.05, 0) is 19.8 Å². The minimum absolute atomic E-state index is 0.254. The minimum atomic E-state index is -0.898. The van der Waals surface area contributed by atoms with Crippen LogP contribution in [0.15, 0.2) is 0 Å². The molecule has 0 aromatic carbocycles. The first-order chi connectivity index (χ1) is 6.45. The Morgan fingerprint density at radius 3 is 2.43 bits per heavy atom. The monoisotopic (exact) mass is 330 g/mol. The van der Waals surface area contributed by atoms with Crippen molar-refractivity contribution in [2.45, 2.75) is 29.4 Å². The lowest BCUT2D eigenvalue weighted by atomic mass is 10.2. The van der Waals surface area contributed by atoms with Crippen molar-refractivity contribution in [3.8, 4) is 0 Å². The van der Waals surface area contributed by atoms with Crippen LogP contribution in [0.1, 0.15) is 19.8 Å². The molecule has 0 aromatic rings. The third kappa shape index (κ3) is 6.37. The first kappa shape index (κ1) is 13.9. The summed E-state index contributed by atoms with van der Waals surface area (Å²) < 4.78 is 4.83. The molecule has 0 aliphatic heterocycles. The number of carbonyl (C=O) groups is 2. The zero-order valence-electron chi connectivity index (χ0n) is 7.70. The van der Waals surface area contributed by atoms with Crippen molar-refractivity contribution in [3.05, 3.63) is 0 Å². The van der Waals surface area contributed by atoms with Crippen molar-refractivity contribution in [1.82, 2.24) is 0 Å². The number of carboxylic acid groups (broad SMARTS) is 1. The molecule has 2 atom stereocenters. The molecule has 0 heterocycles. The van der Waals surface area contributed by atoms with Crippen LogP contribution in [0, 0.1) is 0 Å². The van der Waals surface area contributed by atoms with Gasteiger partial charge < -0.3 is 9.84 Å². The van der Waals surface area contributed by atoms with E-state index in [4.69, 9.17) is 9.84 Å². The van der Waals surface area contributed by atoms with Gasteiger partial charge in [-0.1, -0.05) is 31.9 Å². The Morgan fingerprint density at radius 2 is 2.00 bits per heavy atom. The number of esters is 1. The molecule has 2 unspecified atom stereocenters. The van der Waals surface area contributed by atoms with Crippen LogP contribution < -0.4 is 0 Å². The third-order valence-electron chi connectivity index (χ3n) is 1.44. The van der Waals surface area contributed by atoms with Gasteiger partial charge in [0.25, 0.3) is 0 Å². The van der Waals surface area contributed by atoms with Crippen LogP contribution >= 0.6 is 31.9 Å². The van der Waals surface area contributed by atoms with Crippen LogP contribution in [0.4, 0.5) is 0 Å². The maximum atomic E-state index is 10.9. The standard InChI is InChI=1S/C8H12Br2O4/c1-5(9)8(13)14-4-2-3-6(10)7(11)12/h5-6H,2-4H2,1H3,(H,11,12). The van der Waals surface area contributed by atoms with E-state index in [0.717, 1.165) is 0 Å². The number of carboxylic acids is 1. The van der Waals surface area contributed by atoms with E-state index in [1.54, 1.807) is 6.92 Å². The number of alkyl halides is 2. The lowest BCUT2D eigenvalue weighted by molar-refractivity contribution is -0.142. The molecule has 1 N–H and O–H groups in total. The molecule has 0 aliphatic rings. The lowest BCUT2D eigenvalue weighted by Crippen LogP contribution is -2.17. The van der Waals surface area contributed by atoms with Crippen LogP contribution in [0.3, 0.4) is 0 Å². The molecule has 0 radical (unpaired) electrons. The Hall–Kier alpha value is -0.100. The molecule has 4 nitrogen and oxygen atoms in total. The third-order valence-corrected chi connectivity index (χ3v) is 2.66. The maximum Gasteiger partial charge on any atom is 0.319 e. The number of halogens is 2. The smallest absolute Gasteiger partial charge is 0.319 e. The van der Waals surface area contributed by atoms with Crippen LogP contribution in [0.5, 0.6) is 0 Å². The van der Waals surface area contributed by atoms with Crippen LogP contribution in [0.25, 0.3) is 0 Å². The van der Waals surface area contributed by atoms with Gasteiger partial charge in [0, 0.05) is 0 Å². The van der Waals surface area contributed by atoms with E-state index in [-0.39, 0.29) is 17.4 Å². The lowest BCUT2D eigenvalue weighted by Gasteiger charge is -2.07. The number of aliphatic carboxylic acids is 1. The van der Waals surface area contributed by atoms with Gasteiger partial charge >= 0.3 is 11.9 Å². The molecule has 0 aliphatic carbocycles. The molecular formula is C8H12Br2O4. The first-order valence-electron chi connectivity index (χ1n) is 4.12. The van der Waals surface area contributed by atoms with E-state index >= 15 is 0 Å². The summed E-state index contributed by atoms with van der Waals surface area (Å²) in [6, 6.07) is 0. The molecule has 0 saturated carbocycles. The number of rotatable bonds is 6. The van der Waals surface area contributed by atoms with E-state index in [0.29, 0.717) is 12.8 Å². The molecular weight excluding hydrogens is 320 g/mol. The molecule has 0 aromatic heterocycles. The summed E-state index contributed by atoms with van der Waals surface area (Å²) in [5.41, 5.74) is 0. The van der Waals surface area contributed by atoms with Crippen molar-refractivity contribution in [3.63, 3.8) is 0 Å². The van der Waals surface area contributed by atoms with Crippen LogP contribution in [0.2, 0.25) is 0 Å². The number of carbonyl (C=O) groups excluding carboxylic acids is 1. The highest BCUT2D eigenvalue weighted by Crippen LogP contribution is 2.08. The average Bonchev–Trinajstić information content (AvgIpc) is 2.11. The molecule has 0 bridgehead atoms. The average molecular weight is 332 g/mol. The van der Waals surface area contributed by atoms with Crippen LogP contribution in [-0.2, 0) is 14.3 Å². The van der Waals surface area contributed by atoms with E-state index in [1.807, 2.05) is 0 Å². The van der Waals surface area contributed by atoms with Gasteiger partial charge in [-0.3, -0.25) is 9.59 Å². The quantitative estimate of drug-likeness (QED) is 0.459. The normalized spacial score (nSPS) is 14.5. The van der Waals surface area contributed by atoms with Crippen molar-refractivity contribution in [2.24, 2.45) is 0 Å². The molecule has 14 heavy (non-hydrogen) atoms. The Labute approximate surface area is 99.3 Å². The fourth-order valence-corrected chi connectivity index (χ4v) is 1.13. The molecule has 6 heteroatoms. The Balaban J connectivity index is 3.47. The predicted molar refractivity (Wildman–Crippen MR) is 58.9 cm³/mol. The second-order valence-corrected chi connectivity index (χ2v) is 5.21. The highest BCUT2D eigenvalue weighted by atomic mass is 79.9. The summed E-state index contributed by atoms with van der Waals surface area (Å²) in [6.45, 7) is 1.93. The predicted octanol–water partition coefficient (Wildman–Crippen LogP) is 1.94.